The second-order valence-electron chi connectivity index (χ2n) is 7.43. The zero-order valence-electron chi connectivity index (χ0n) is 17.3. The van der Waals surface area contributed by atoms with Crippen molar-refractivity contribution < 1.29 is 26.7 Å². The first-order valence-corrected chi connectivity index (χ1v) is 10.7. The molecule has 2 rings (SSSR count). The van der Waals surface area contributed by atoms with Crippen LogP contribution in [0.2, 0.25) is 0 Å². The number of phenols is 1. The van der Waals surface area contributed by atoms with Gasteiger partial charge in [0.05, 0.1) is 0 Å². The Labute approximate surface area is 182 Å². The van der Waals surface area contributed by atoms with E-state index in [2.05, 4.69) is 48.0 Å². The first kappa shape index (κ1) is 24.4. The summed E-state index contributed by atoms with van der Waals surface area (Å²) >= 11 is 0. The van der Waals surface area contributed by atoms with Gasteiger partial charge in [0, 0.05) is 24.6 Å². The lowest BCUT2D eigenvalue weighted by Gasteiger charge is -2.03. The van der Waals surface area contributed by atoms with Crippen molar-refractivity contribution in [3.63, 3.8) is 0 Å². The Bertz CT molecular complexity index is 684. The summed E-state index contributed by atoms with van der Waals surface area (Å²) in [4.78, 5) is 0. The van der Waals surface area contributed by atoms with E-state index in [1.807, 2.05) is 12.1 Å². The van der Waals surface area contributed by atoms with Gasteiger partial charge in [-0.05, 0) is 36.3 Å². The van der Waals surface area contributed by atoms with Gasteiger partial charge in [0.2, 0.25) is 5.69 Å². The number of hydrogen-bond donors (Lipinski definition) is 1. The number of pyridine rings is 1. The quantitative estimate of drug-likeness (QED) is 0.368. The van der Waals surface area contributed by atoms with Gasteiger partial charge in [0.1, 0.15) is 12.3 Å². The van der Waals surface area contributed by atoms with Crippen molar-refractivity contribution in [2.45, 2.75) is 77.7 Å². The highest BCUT2D eigenvalue weighted by atomic mass is 79.9. The molecule has 0 atom stereocenters. The van der Waals surface area contributed by atoms with Gasteiger partial charge in [0.15, 0.2) is 6.20 Å². The molecule has 0 unspecified atom stereocenters. The standard InChI is InChI=1S/C25H35NO.BrH/c1-2-3-4-5-6-7-8-9-10-12-20-26-21-13-11-16-24(26)19-18-23-15-14-17-25(27)22-23;/h11,13-19,21-22H,2-10,12,20H2,1H3;1H/b19-18+;. The number of nitrogens with zero attached hydrogens (tertiary/aromatic N) is 1. The number of hydrogen-bond acceptors (Lipinski definition) is 1. The Morgan fingerprint density at radius 2 is 1.46 bits per heavy atom. The number of phenolic OH excluding ortho intramolecular Hbond substituents is 1. The summed E-state index contributed by atoms with van der Waals surface area (Å²) in [6.07, 6.45) is 20.0. The molecule has 0 spiro atoms. The highest BCUT2D eigenvalue weighted by Gasteiger charge is 2.06. The Morgan fingerprint density at radius 1 is 0.786 bits per heavy atom. The summed E-state index contributed by atoms with van der Waals surface area (Å²) in [5.74, 6) is 0.309. The summed E-state index contributed by atoms with van der Waals surface area (Å²) < 4.78 is 2.32. The summed E-state index contributed by atoms with van der Waals surface area (Å²) in [7, 11) is 0. The van der Waals surface area contributed by atoms with E-state index in [4.69, 9.17) is 0 Å². The Hall–Kier alpha value is -1.61. The van der Waals surface area contributed by atoms with Crippen LogP contribution in [0.4, 0.5) is 0 Å². The molecule has 0 radical (unpaired) electrons. The van der Waals surface area contributed by atoms with Gasteiger partial charge in [-0.2, -0.15) is 4.57 Å². The second-order valence-corrected chi connectivity index (χ2v) is 7.43. The van der Waals surface area contributed by atoms with Crippen molar-refractivity contribution >= 4 is 12.2 Å². The van der Waals surface area contributed by atoms with Crippen LogP contribution < -0.4 is 21.5 Å². The van der Waals surface area contributed by atoms with Crippen LogP contribution in [-0.4, -0.2) is 5.11 Å². The second kappa shape index (κ2) is 15.3. The number of rotatable bonds is 13. The molecule has 1 heterocycles. The minimum absolute atomic E-state index is 0. The maximum Gasteiger partial charge on any atom is 0.205 e. The molecule has 0 saturated carbocycles. The van der Waals surface area contributed by atoms with Crippen LogP contribution in [-0.2, 0) is 6.54 Å². The maximum atomic E-state index is 9.58. The van der Waals surface area contributed by atoms with Crippen LogP contribution in [0.25, 0.3) is 12.2 Å². The fourth-order valence-electron chi connectivity index (χ4n) is 3.42. The van der Waals surface area contributed by atoms with Crippen LogP contribution in [0.1, 0.15) is 82.4 Å². The molecule has 0 aliphatic heterocycles. The van der Waals surface area contributed by atoms with Crippen molar-refractivity contribution in [2.24, 2.45) is 0 Å². The van der Waals surface area contributed by atoms with Gasteiger partial charge >= 0.3 is 0 Å². The molecular weight excluding hydrogens is 410 g/mol. The molecule has 2 aromatic rings. The van der Waals surface area contributed by atoms with E-state index in [0.29, 0.717) is 5.75 Å². The minimum Gasteiger partial charge on any atom is -1.00 e. The minimum atomic E-state index is 0. The van der Waals surface area contributed by atoms with E-state index in [9.17, 15) is 5.11 Å². The number of benzene rings is 1. The molecular formula is C25H36BrNO. The molecule has 28 heavy (non-hydrogen) atoms. The molecule has 0 saturated heterocycles. The third kappa shape index (κ3) is 10.1. The largest absolute Gasteiger partial charge is 1.00 e. The smallest absolute Gasteiger partial charge is 0.205 e. The number of aromatic nitrogens is 1. The highest BCUT2D eigenvalue weighted by molar-refractivity contribution is 5.67. The van der Waals surface area contributed by atoms with Gasteiger partial charge in [0.25, 0.3) is 0 Å². The lowest BCUT2D eigenvalue weighted by Crippen LogP contribution is -3.00. The zero-order valence-corrected chi connectivity index (χ0v) is 18.9. The van der Waals surface area contributed by atoms with Gasteiger partial charge < -0.3 is 22.1 Å². The average molecular weight is 446 g/mol. The molecule has 1 N–H and O–H groups in total. The van der Waals surface area contributed by atoms with Gasteiger partial charge in [-0.25, -0.2) is 0 Å². The van der Waals surface area contributed by atoms with Gasteiger partial charge in [-0.3, -0.25) is 0 Å². The number of aromatic hydroxyl groups is 1. The molecule has 0 amide bonds. The Balaban J connectivity index is 0.00000392. The molecule has 0 aliphatic rings. The predicted octanol–water partition coefficient (Wildman–Crippen LogP) is 3.78. The molecule has 0 fully saturated rings. The molecule has 2 nitrogen and oxygen atoms in total. The van der Waals surface area contributed by atoms with Crippen molar-refractivity contribution in [3.8, 4) is 5.75 Å². The Kier molecular flexibility index (Phi) is 13.4. The first-order chi connectivity index (χ1) is 13.3. The first-order valence-electron chi connectivity index (χ1n) is 10.7. The molecule has 154 valence electrons. The van der Waals surface area contributed by atoms with E-state index >= 15 is 0 Å². The van der Waals surface area contributed by atoms with Crippen LogP contribution >= 0.6 is 0 Å². The zero-order chi connectivity index (χ0) is 19.2. The van der Waals surface area contributed by atoms with E-state index in [1.54, 1.807) is 12.1 Å². The fraction of sp³-hybridized carbons (Fsp3) is 0.480. The molecule has 0 aliphatic carbocycles. The van der Waals surface area contributed by atoms with Crippen LogP contribution in [0.5, 0.6) is 5.75 Å². The van der Waals surface area contributed by atoms with E-state index < -0.39 is 0 Å². The maximum absolute atomic E-state index is 9.58. The molecule has 1 aromatic carbocycles. The summed E-state index contributed by atoms with van der Waals surface area (Å²) in [6.45, 7) is 3.34. The topological polar surface area (TPSA) is 24.1 Å². The van der Waals surface area contributed by atoms with Crippen molar-refractivity contribution in [3.05, 3.63) is 59.9 Å². The van der Waals surface area contributed by atoms with Crippen molar-refractivity contribution in [1.82, 2.24) is 0 Å². The van der Waals surface area contributed by atoms with E-state index in [-0.39, 0.29) is 17.0 Å². The average Bonchev–Trinajstić information content (AvgIpc) is 2.68. The number of aryl methyl sites for hydroxylation is 1. The number of unbranched alkanes of at least 4 members (excludes halogenated alkanes) is 9. The normalized spacial score (nSPS) is 10.9. The van der Waals surface area contributed by atoms with Gasteiger partial charge in [-0.15, -0.1) is 0 Å². The van der Waals surface area contributed by atoms with Crippen LogP contribution in [0.3, 0.4) is 0 Å². The monoisotopic (exact) mass is 445 g/mol. The molecule has 0 bridgehead atoms. The lowest BCUT2D eigenvalue weighted by atomic mass is 10.1. The SMILES string of the molecule is CCCCCCCCCCCC[n+]1ccccc1/C=C/c1cccc(O)c1.[Br-]. The van der Waals surface area contributed by atoms with E-state index in [0.717, 1.165) is 12.1 Å². The fourth-order valence-corrected chi connectivity index (χ4v) is 3.42. The van der Waals surface area contributed by atoms with Crippen LogP contribution in [0.15, 0.2) is 48.7 Å². The highest BCUT2D eigenvalue weighted by Crippen LogP contribution is 2.13. The van der Waals surface area contributed by atoms with Crippen molar-refractivity contribution in [2.75, 3.05) is 0 Å². The Morgan fingerprint density at radius 3 is 2.14 bits per heavy atom. The van der Waals surface area contributed by atoms with E-state index in [1.165, 1.54) is 69.9 Å². The third-order valence-corrected chi connectivity index (χ3v) is 5.05. The predicted molar refractivity (Wildman–Crippen MR) is 116 cm³/mol. The molecule has 3 heteroatoms. The summed E-state index contributed by atoms with van der Waals surface area (Å²) in [6, 6.07) is 13.7. The molecule has 1 aromatic heterocycles. The van der Waals surface area contributed by atoms with Crippen molar-refractivity contribution in [1.29, 1.82) is 0 Å². The summed E-state index contributed by atoms with van der Waals surface area (Å²) in [5.41, 5.74) is 2.22. The van der Waals surface area contributed by atoms with Gasteiger partial charge in [-0.1, -0.05) is 70.4 Å². The van der Waals surface area contributed by atoms with Crippen LogP contribution in [0, 0.1) is 0 Å². The summed E-state index contributed by atoms with van der Waals surface area (Å²) in [5, 5.41) is 9.58. The lowest BCUT2D eigenvalue weighted by molar-refractivity contribution is -0.699. The third-order valence-electron chi connectivity index (χ3n) is 5.05. The number of halogens is 1.